The van der Waals surface area contributed by atoms with Crippen molar-refractivity contribution < 1.29 is 19.0 Å². The molecule has 2 fully saturated rings. The number of aromatic nitrogens is 2. The highest BCUT2D eigenvalue weighted by Gasteiger charge is 2.48. The highest BCUT2D eigenvalue weighted by molar-refractivity contribution is 5.89. The highest BCUT2D eigenvalue weighted by Crippen LogP contribution is 2.29. The maximum Gasteiger partial charge on any atom is 0.319 e. The quantitative estimate of drug-likeness (QED) is 0.473. The summed E-state index contributed by atoms with van der Waals surface area (Å²) in [5.74, 6) is 1.99. The van der Waals surface area contributed by atoms with Crippen LogP contribution in [-0.2, 0) is 14.9 Å². The first-order chi connectivity index (χ1) is 17.3. The lowest BCUT2D eigenvalue weighted by Crippen LogP contribution is -2.46. The highest BCUT2D eigenvalue weighted by atomic mass is 16.6. The van der Waals surface area contributed by atoms with Gasteiger partial charge in [0.1, 0.15) is 23.7 Å². The average molecular weight is 490 g/mol. The van der Waals surface area contributed by atoms with Gasteiger partial charge >= 0.3 is 6.03 Å². The molecule has 3 heterocycles. The average Bonchev–Trinajstić information content (AvgIpc) is 3.44. The van der Waals surface area contributed by atoms with Crippen molar-refractivity contribution in [2.24, 2.45) is 0 Å². The van der Waals surface area contributed by atoms with Crippen molar-refractivity contribution in [2.75, 3.05) is 23.8 Å². The fraction of sp³-hybridized carbons (Fsp3) is 0.370. The summed E-state index contributed by atoms with van der Waals surface area (Å²) in [4.78, 5) is 21.6. The molecule has 2 aliphatic heterocycles. The number of para-hydroxylation sites is 1. The van der Waals surface area contributed by atoms with Gasteiger partial charge in [-0.1, -0.05) is 39.0 Å². The molecule has 0 bridgehead atoms. The maximum atomic E-state index is 12.6. The van der Waals surface area contributed by atoms with Crippen molar-refractivity contribution in [1.29, 1.82) is 0 Å². The van der Waals surface area contributed by atoms with Crippen LogP contribution in [0.15, 0.2) is 66.9 Å². The SMILES string of the molecule is CC(C)(C)c1ccnc(N[C@H]2CO[C@H]3[C@@H]2OC[C@@H]3NC(=O)Nc2ccc(Oc3ccccc3)cc2)n1. The van der Waals surface area contributed by atoms with Crippen LogP contribution in [0.4, 0.5) is 16.4 Å². The number of benzene rings is 2. The molecule has 0 unspecified atom stereocenters. The van der Waals surface area contributed by atoms with Gasteiger partial charge in [-0.15, -0.1) is 0 Å². The van der Waals surface area contributed by atoms with Crippen LogP contribution in [0.25, 0.3) is 0 Å². The number of nitrogens with one attached hydrogen (secondary N) is 3. The largest absolute Gasteiger partial charge is 0.457 e. The standard InChI is InChI=1S/C27H31N5O4/c1-27(2,3)22-13-14-28-25(32-22)30-20-15-34-24-21(16-35-23(20)24)31-26(33)29-17-9-11-19(12-10-17)36-18-7-5-4-6-8-18/h4-14,20-21,23-24H,15-16H2,1-3H3,(H,28,30,32)(H2,29,31,33)/t20-,21-,23+,24+/m0/s1. The third-order valence-electron chi connectivity index (χ3n) is 6.20. The smallest absolute Gasteiger partial charge is 0.319 e. The Morgan fingerprint density at radius 1 is 0.917 bits per heavy atom. The van der Waals surface area contributed by atoms with E-state index >= 15 is 0 Å². The van der Waals surface area contributed by atoms with Gasteiger partial charge in [-0.25, -0.2) is 14.8 Å². The minimum Gasteiger partial charge on any atom is -0.457 e. The van der Waals surface area contributed by atoms with Gasteiger partial charge < -0.3 is 30.2 Å². The molecular weight excluding hydrogens is 458 g/mol. The second-order valence-electron chi connectivity index (χ2n) is 10.0. The number of amides is 2. The molecule has 36 heavy (non-hydrogen) atoms. The molecule has 3 aromatic rings. The number of urea groups is 1. The minimum atomic E-state index is -0.317. The molecule has 0 saturated carbocycles. The molecule has 2 amide bonds. The summed E-state index contributed by atoms with van der Waals surface area (Å²) in [6, 6.07) is 18.0. The van der Waals surface area contributed by atoms with Gasteiger partial charge in [-0.3, -0.25) is 0 Å². The fourth-order valence-corrected chi connectivity index (χ4v) is 4.33. The molecule has 5 rings (SSSR count). The van der Waals surface area contributed by atoms with Crippen molar-refractivity contribution in [3.05, 3.63) is 72.6 Å². The van der Waals surface area contributed by atoms with Gasteiger partial charge in [0.25, 0.3) is 0 Å². The third-order valence-corrected chi connectivity index (χ3v) is 6.20. The molecule has 2 aromatic carbocycles. The molecule has 2 aliphatic rings. The zero-order valence-electron chi connectivity index (χ0n) is 20.6. The number of rotatable bonds is 6. The zero-order valence-corrected chi connectivity index (χ0v) is 20.6. The van der Waals surface area contributed by atoms with E-state index < -0.39 is 0 Å². The van der Waals surface area contributed by atoms with Gasteiger partial charge in [0, 0.05) is 17.3 Å². The topological polar surface area (TPSA) is 107 Å². The van der Waals surface area contributed by atoms with Crippen molar-refractivity contribution in [2.45, 2.75) is 50.5 Å². The second-order valence-corrected chi connectivity index (χ2v) is 10.0. The molecule has 1 aromatic heterocycles. The van der Waals surface area contributed by atoms with E-state index in [1.54, 1.807) is 18.3 Å². The zero-order chi connectivity index (χ0) is 25.1. The van der Waals surface area contributed by atoms with Gasteiger partial charge in [0.05, 0.1) is 31.0 Å². The van der Waals surface area contributed by atoms with E-state index in [1.807, 2.05) is 48.5 Å². The van der Waals surface area contributed by atoms with Crippen molar-refractivity contribution in [3.8, 4) is 11.5 Å². The van der Waals surface area contributed by atoms with Crippen LogP contribution in [-0.4, -0.2) is 53.5 Å². The molecule has 2 saturated heterocycles. The van der Waals surface area contributed by atoms with E-state index in [1.165, 1.54) is 0 Å². The first-order valence-electron chi connectivity index (χ1n) is 12.1. The summed E-state index contributed by atoms with van der Waals surface area (Å²) in [6.45, 7) is 7.15. The number of carbonyl (C=O) groups is 1. The van der Waals surface area contributed by atoms with Crippen LogP contribution in [0.2, 0.25) is 0 Å². The van der Waals surface area contributed by atoms with E-state index in [0.29, 0.717) is 30.6 Å². The van der Waals surface area contributed by atoms with Crippen molar-refractivity contribution >= 4 is 17.7 Å². The monoisotopic (exact) mass is 489 g/mol. The Labute approximate surface area is 210 Å². The molecular formula is C27H31N5O4. The summed E-state index contributed by atoms with van der Waals surface area (Å²) in [7, 11) is 0. The van der Waals surface area contributed by atoms with E-state index in [0.717, 1.165) is 11.4 Å². The Morgan fingerprint density at radius 3 is 2.31 bits per heavy atom. The first-order valence-corrected chi connectivity index (χ1v) is 12.1. The van der Waals surface area contributed by atoms with Gasteiger partial charge in [-0.05, 0) is 42.5 Å². The van der Waals surface area contributed by atoms with Crippen LogP contribution in [0.5, 0.6) is 11.5 Å². The molecule has 3 N–H and O–H groups in total. The fourth-order valence-electron chi connectivity index (χ4n) is 4.33. The van der Waals surface area contributed by atoms with Crippen LogP contribution in [0.1, 0.15) is 26.5 Å². The van der Waals surface area contributed by atoms with Crippen molar-refractivity contribution in [3.63, 3.8) is 0 Å². The number of hydrogen-bond acceptors (Lipinski definition) is 7. The minimum absolute atomic E-state index is 0.0739. The summed E-state index contributed by atoms with van der Waals surface area (Å²) >= 11 is 0. The van der Waals surface area contributed by atoms with Crippen LogP contribution < -0.4 is 20.7 Å². The number of anilines is 2. The van der Waals surface area contributed by atoms with Crippen LogP contribution in [0.3, 0.4) is 0 Å². The molecule has 9 heteroatoms. The predicted octanol–water partition coefficient (Wildman–Crippen LogP) is 4.33. The van der Waals surface area contributed by atoms with E-state index in [4.69, 9.17) is 14.2 Å². The van der Waals surface area contributed by atoms with Gasteiger partial charge in [0.15, 0.2) is 0 Å². The Hall–Kier alpha value is -3.69. The number of carbonyl (C=O) groups excluding carboxylic acids is 1. The van der Waals surface area contributed by atoms with Crippen LogP contribution in [0, 0.1) is 0 Å². The third kappa shape index (κ3) is 5.58. The van der Waals surface area contributed by atoms with Gasteiger partial charge in [-0.2, -0.15) is 0 Å². The molecule has 9 nitrogen and oxygen atoms in total. The Morgan fingerprint density at radius 2 is 1.58 bits per heavy atom. The maximum absolute atomic E-state index is 12.6. The van der Waals surface area contributed by atoms with Gasteiger partial charge in [0.2, 0.25) is 5.95 Å². The Bertz CT molecular complexity index is 1180. The molecule has 4 atom stereocenters. The van der Waals surface area contributed by atoms with E-state index in [2.05, 4.69) is 46.7 Å². The molecule has 0 radical (unpaired) electrons. The lowest BCUT2D eigenvalue weighted by molar-refractivity contribution is 0.0683. The number of fused-ring (bicyclic) bond motifs is 1. The summed E-state index contributed by atoms with van der Waals surface area (Å²) in [5, 5.41) is 9.18. The number of ether oxygens (including phenoxy) is 3. The Balaban J connectivity index is 1.13. The normalized spacial score (nSPS) is 23.1. The lowest BCUT2D eigenvalue weighted by atomic mass is 9.92. The number of hydrogen-bond donors (Lipinski definition) is 3. The van der Waals surface area contributed by atoms with E-state index in [9.17, 15) is 4.79 Å². The molecule has 0 aliphatic carbocycles. The Kier molecular flexibility index (Phi) is 6.75. The summed E-state index contributed by atoms with van der Waals surface area (Å²) in [5.41, 5.74) is 1.54. The second kappa shape index (κ2) is 10.1. The molecule has 188 valence electrons. The predicted molar refractivity (Wildman–Crippen MR) is 137 cm³/mol. The molecule has 0 spiro atoms. The summed E-state index contributed by atoms with van der Waals surface area (Å²) < 4.78 is 17.8. The lowest BCUT2D eigenvalue weighted by Gasteiger charge is -2.21. The van der Waals surface area contributed by atoms with Crippen LogP contribution >= 0.6 is 0 Å². The number of nitrogens with zero attached hydrogens (tertiary/aromatic N) is 2. The van der Waals surface area contributed by atoms with E-state index in [-0.39, 0.29) is 35.7 Å². The first kappa shape index (κ1) is 24.0. The van der Waals surface area contributed by atoms with Crippen molar-refractivity contribution in [1.82, 2.24) is 15.3 Å². The summed E-state index contributed by atoms with van der Waals surface area (Å²) in [6.07, 6.45) is 1.31.